The molecule has 0 saturated carbocycles. The minimum Gasteiger partial charge on any atom is -0.480 e. The van der Waals surface area contributed by atoms with E-state index in [2.05, 4.69) is 5.32 Å². The highest BCUT2D eigenvalue weighted by Gasteiger charge is 2.19. The van der Waals surface area contributed by atoms with Gasteiger partial charge in [0, 0.05) is 6.04 Å². The molecule has 0 aromatic heterocycles. The monoisotopic (exact) mass is 267 g/mol. The fourth-order valence-electron chi connectivity index (χ4n) is 2.08. The lowest BCUT2D eigenvalue weighted by Crippen LogP contribution is -2.43. The van der Waals surface area contributed by atoms with Crippen LogP contribution < -0.4 is 5.32 Å². The molecule has 19 heavy (non-hydrogen) atoms. The van der Waals surface area contributed by atoms with Gasteiger partial charge in [0.2, 0.25) is 0 Å². The fraction of sp³-hybridized carbons (Fsp3) is 0.533. The standard InChI is InChI=1S/C15H22FNO2/c1-3-4-9-14(15(18)19)17-11(2)10-12-7-5-6-8-13(12)16/h5-8,11,14,17H,3-4,9-10H2,1-2H3,(H,18,19). The number of hydrogen-bond acceptors (Lipinski definition) is 2. The predicted octanol–water partition coefficient (Wildman–Crippen LogP) is 2.99. The molecule has 0 heterocycles. The van der Waals surface area contributed by atoms with Crippen molar-refractivity contribution in [1.82, 2.24) is 5.32 Å². The lowest BCUT2D eigenvalue weighted by Gasteiger charge is -2.20. The van der Waals surface area contributed by atoms with Crippen LogP contribution in [0.25, 0.3) is 0 Å². The summed E-state index contributed by atoms with van der Waals surface area (Å²) in [5.74, 6) is -1.08. The van der Waals surface area contributed by atoms with E-state index >= 15 is 0 Å². The molecule has 1 rings (SSSR count). The molecule has 1 aromatic rings. The van der Waals surface area contributed by atoms with Crippen molar-refractivity contribution in [3.05, 3.63) is 35.6 Å². The molecule has 0 spiro atoms. The van der Waals surface area contributed by atoms with Crippen LogP contribution in [0.3, 0.4) is 0 Å². The summed E-state index contributed by atoms with van der Waals surface area (Å²) >= 11 is 0. The van der Waals surface area contributed by atoms with E-state index in [9.17, 15) is 9.18 Å². The van der Waals surface area contributed by atoms with Gasteiger partial charge in [-0.15, -0.1) is 0 Å². The summed E-state index contributed by atoms with van der Waals surface area (Å²) in [6, 6.07) is 5.97. The Kier molecular flexibility index (Phi) is 6.50. The van der Waals surface area contributed by atoms with Gasteiger partial charge in [-0.3, -0.25) is 4.79 Å². The minimum absolute atomic E-state index is 0.0742. The van der Waals surface area contributed by atoms with Crippen molar-refractivity contribution in [2.75, 3.05) is 0 Å². The molecular weight excluding hydrogens is 245 g/mol. The van der Waals surface area contributed by atoms with Crippen LogP contribution in [0.5, 0.6) is 0 Å². The molecule has 3 nitrogen and oxygen atoms in total. The molecule has 106 valence electrons. The number of benzene rings is 1. The molecule has 0 saturated heterocycles. The average molecular weight is 267 g/mol. The first kappa shape index (κ1) is 15.6. The Morgan fingerprint density at radius 2 is 2.11 bits per heavy atom. The SMILES string of the molecule is CCCCC(NC(C)Cc1ccccc1F)C(=O)O. The first-order chi connectivity index (χ1) is 9.04. The molecule has 2 unspecified atom stereocenters. The van der Waals surface area contributed by atoms with Crippen LogP contribution >= 0.6 is 0 Å². The summed E-state index contributed by atoms with van der Waals surface area (Å²) < 4.78 is 13.5. The van der Waals surface area contributed by atoms with Crippen LogP contribution in [-0.4, -0.2) is 23.2 Å². The Labute approximate surface area is 113 Å². The summed E-state index contributed by atoms with van der Waals surface area (Å²) in [6.45, 7) is 3.91. The lowest BCUT2D eigenvalue weighted by molar-refractivity contribution is -0.139. The van der Waals surface area contributed by atoms with Crippen molar-refractivity contribution < 1.29 is 14.3 Å². The molecule has 0 bridgehead atoms. The fourth-order valence-corrected chi connectivity index (χ4v) is 2.08. The topological polar surface area (TPSA) is 49.3 Å². The molecule has 0 aliphatic heterocycles. The zero-order valence-electron chi connectivity index (χ0n) is 11.5. The van der Waals surface area contributed by atoms with Crippen molar-refractivity contribution >= 4 is 5.97 Å². The Morgan fingerprint density at radius 1 is 1.42 bits per heavy atom. The van der Waals surface area contributed by atoms with Gasteiger partial charge in [0.25, 0.3) is 0 Å². The largest absolute Gasteiger partial charge is 0.480 e. The molecule has 1 aromatic carbocycles. The van der Waals surface area contributed by atoms with Gasteiger partial charge >= 0.3 is 5.97 Å². The highest BCUT2D eigenvalue weighted by Crippen LogP contribution is 2.10. The van der Waals surface area contributed by atoms with Crippen LogP contribution in [0.1, 0.15) is 38.7 Å². The summed E-state index contributed by atoms with van der Waals surface area (Å²) in [5, 5.41) is 12.2. The molecule has 0 radical (unpaired) electrons. The third-order valence-electron chi connectivity index (χ3n) is 3.11. The number of rotatable bonds is 8. The second kappa shape index (κ2) is 7.89. The van der Waals surface area contributed by atoms with Crippen molar-refractivity contribution in [2.45, 2.75) is 51.6 Å². The lowest BCUT2D eigenvalue weighted by atomic mass is 10.0. The number of carboxylic acid groups (broad SMARTS) is 1. The van der Waals surface area contributed by atoms with Gasteiger partial charge in [-0.1, -0.05) is 38.0 Å². The number of unbranched alkanes of at least 4 members (excludes halogenated alkanes) is 1. The maximum atomic E-state index is 13.5. The van der Waals surface area contributed by atoms with Crippen molar-refractivity contribution in [3.8, 4) is 0 Å². The van der Waals surface area contributed by atoms with E-state index in [1.165, 1.54) is 6.07 Å². The number of halogens is 1. The van der Waals surface area contributed by atoms with Crippen LogP contribution in [0.15, 0.2) is 24.3 Å². The number of carbonyl (C=O) groups is 1. The van der Waals surface area contributed by atoms with Gasteiger partial charge < -0.3 is 10.4 Å². The van der Waals surface area contributed by atoms with E-state index < -0.39 is 12.0 Å². The summed E-state index contributed by atoms with van der Waals surface area (Å²) in [7, 11) is 0. The predicted molar refractivity (Wildman–Crippen MR) is 73.7 cm³/mol. The quantitative estimate of drug-likeness (QED) is 0.761. The van der Waals surface area contributed by atoms with E-state index in [-0.39, 0.29) is 11.9 Å². The molecular formula is C15H22FNO2. The number of hydrogen-bond donors (Lipinski definition) is 2. The third-order valence-corrected chi connectivity index (χ3v) is 3.11. The van der Waals surface area contributed by atoms with Crippen LogP contribution in [0.4, 0.5) is 4.39 Å². The highest BCUT2D eigenvalue weighted by atomic mass is 19.1. The van der Waals surface area contributed by atoms with Crippen molar-refractivity contribution in [1.29, 1.82) is 0 Å². The van der Waals surface area contributed by atoms with E-state index in [0.29, 0.717) is 18.4 Å². The summed E-state index contributed by atoms with van der Waals surface area (Å²) in [5.41, 5.74) is 0.613. The van der Waals surface area contributed by atoms with Gasteiger partial charge in [-0.2, -0.15) is 0 Å². The van der Waals surface area contributed by atoms with Crippen LogP contribution in [-0.2, 0) is 11.2 Å². The average Bonchev–Trinajstić information content (AvgIpc) is 2.37. The Bertz CT molecular complexity index is 409. The normalized spacial score (nSPS) is 14.1. The molecule has 2 N–H and O–H groups in total. The highest BCUT2D eigenvalue weighted by molar-refractivity contribution is 5.73. The first-order valence-electron chi connectivity index (χ1n) is 6.76. The minimum atomic E-state index is -0.839. The molecule has 4 heteroatoms. The Hall–Kier alpha value is -1.42. The maximum Gasteiger partial charge on any atom is 0.320 e. The van der Waals surface area contributed by atoms with Gasteiger partial charge in [0.15, 0.2) is 0 Å². The van der Waals surface area contributed by atoms with Crippen LogP contribution in [0.2, 0.25) is 0 Å². The third kappa shape index (κ3) is 5.39. The molecule has 0 aliphatic carbocycles. The van der Waals surface area contributed by atoms with Crippen LogP contribution in [0, 0.1) is 5.82 Å². The van der Waals surface area contributed by atoms with Gasteiger partial charge in [-0.05, 0) is 31.4 Å². The smallest absolute Gasteiger partial charge is 0.320 e. The van der Waals surface area contributed by atoms with E-state index in [4.69, 9.17) is 5.11 Å². The van der Waals surface area contributed by atoms with Crippen molar-refractivity contribution in [3.63, 3.8) is 0 Å². The molecule has 0 aliphatic rings. The second-order valence-electron chi connectivity index (χ2n) is 4.90. The second-order valence-corrected chi connectivity index (χ2v) is 4.90. The molecule has 2 atom stereocenters. The van der Waals surface area contributed by atoms with E-state index in [0.717, 1.165) is 12.8 Å². The van der Waals surface area contributed by atoms with E-state index in [1.807, 2.05) is 13.8 Å². The maximum absolute atomic E-state index is 13.5. The van der Waals surface area contributed by atoms with E-state index in [1.54, 1.807) is 18.2 Å². The van der Waals surface area contributed by atoms with Gasteiger partial charge in [0.05, 0.1) is 0 Å². The zero-order chi connectivity index (χ0) is 14.3. The summed E-state index contributed by atoms with van der Waals surface area (Å²) in [4.78, 5) is 11.1. The first-order valence-corrected chi connectivity index (χ1v) is 6.76. The number of nitrogens with one attached hydrogen (secondary N) is 1. The van der Waals surface area contributed by atoms with Gasteiger partial charge in [0.1, 0.15) is 11.9 Å². The molecule has 0 amide bonds. The number of aliphatic carboxylic acids is 1. The van der Waals surface area contributed by atoms with Gasteiger partial charge in [-0.25, -0.2) is 4.39 Å². The Balaban J connectivity index is 2.55. The summed E-state index contributed by atoms with van der Waals surface area (Å²) in [6.07, 6.45) is 2.93. The zero-order valence-corrected chi connectivity index (χ0v) is 11.5. The number of carboxylic acids is 1. The Morgan fingerprint density at radius 3 is 2.68 bits per heavy atom. The van der Waals surface area contributed by atoms with Crippen molar-refractivity contribution in [2.24, 2.45) is 0 Å². The molecule has 0 fully saturated rings.